The van der Waals surface area contributed by atoms with Crippen LogP contribution in [-0.2, 0) is 0 Å². The van der Waals surface area contributed by atoms with Crippen LogP contribution >= 0.6 is 0 Å². The summed E-state index contributed by atoms with van der Waals surface area (Å²) in [7, 11) is 0. The average molecular weight is 1040 g/mol. The van der Waals surface area contributed by atoms with Crippen LogP contribution in [0.4, 0.5) is 34.1 Å². The van der Waals surface area contributed by atoms with E-state index in [0.717, 1.165) is 95.3 Å². The summed E-state index contributed by atoms with van der Waals surface area (Å²) >= 11 is 0. The molecule has 0 saturated carbocycles. The summed E-state index contributed by atoms with van der Waals surface area (Å²) in [6.45, 7) is -0.191. The topological polar surface area (TPSA) is 32.5 Å². The third-order valence-corrected chi connectivity index (χ3v) is 17.0. The fourth-order valence-electron chi connectivity index (χ4n) is 13.2. The van der Waals surface area contributed by atoms with Gasteiger partial charge in [0.25, 0.3) is 6.71 Å². The Morgan fingerprint density at radius 3 is 1.01 bits per heavy atom. The van der Waals surface area contributed by atoms with Crippen molar-refractivity contribution >= 4 is 111 Å². The number of anilines is 6. The van der Waals surface area contributed by atoms with Crippen molar-refractivity contribution < 1.29 is 4.42 Å². The van der Waals surface area contributed by atoms with E-state index in [1.165, 1.54) is 59.5 Å². The number of para-hydroxylation sites is 2. The minimum absolute atomic E-state index is 0.191. The van der Waals surface area contributed by atoms with Gasteiger partial charge in [-0.3, -0.25) is 0 Å². The summed E-state index contributed by atoms with van der Waals surface area (Å²) in [5.74, 6) is 0.564. The van der Waals surface area contributed by atoms with E-state index < -0.39 is 0 Å². The SMILES string of the molecule is c1ccc(-c2cc(-c3ccccc3)cc(N3c4cc5cc6ccccc6cc5cc4B4c5cc6cc7ccccc7cc6cc5N(c5cc(-c6ccccc6)cc(-c6ccccc6)c5)c5cc(-c6nc7ccccc7o6)cc3c54)c2)cc1. The molecule has 2 aliphatic rings. The Morgan fingerprint density at radius 1 is 0.268 bits per heavy atom. The van der Waals surface area contributed by atoms with Crippen LogP contribution in [0.1, 0.15) is 0 Å². The highest BCUT2D eigenvalue weighted by Crippen LogP contribution is 2.50. The molecule has 0 saturated heterocycles. The van der Waals surface area contributed by atoms with Crippen LogP contribution in [0, 0.1) is 0 Å². The van der Waals surface area contributed by atoms with Gasteiger partial charge in [0.1, 0.15) is 5.52 Å². The van der Waals surface area contributed by atoms with Gasteiger partial charge >= 0.3 is 0 Å². The highest BCUT2D eigenvalue weighted by atomic mass is 16.3. The smallest absolute Gasteiger partial charge is 0.252 e. The van der Waals surface area contributed by atoms with Gasteiger partial charge in [0.05, 0.1) is 0 Å². The van der Waals surface area contributed by atoms with Crippen molar-refractivity contribution in [1.82, 2.24) is 4.98 Å². The van der Waals surface area contributed by atoms with Crippen LogP contribution in [0.5, 0.6) is 0 Å². The van der Waals surface area contributed by atoms with Gasteiger partial charge in [-0.1, -0.05) is 194 Å². The Balaban J connectivity index is 1.03. The van der Waals surface area contributed by atoms with Gasteiger partial charge in [0.2, 0.25) is 5.89 Å². The molecule has 5 heteroatoms. The molecule has 17 rings (SSSR count). The molecular weight excluding hydrogens is 994 g/mol. The lowest BCUT2D eigenvalue weighted by atomic mass is 9.33. The molecule has 1 aromatic heterocycles. The van der Waals surface area contributed by atoms with Crippen molar-refractivity contribution in [3.05, 3.63) is 291 Å². The fraction of sp³-hybridized carbons (Fsp3) is 0. The van der Waals surface area contributed by atoms with Crippen molar-refractivity contribution in [3.8, 4) is 56.0 Å². The number of aromatic nitrogens is 1. The normalized spacial score (nSPS) is 12.6. The Labute approximate surface area is 475 Å². The van der Waals surface area contributed by atoms with Crippen molar-refractivity contribution in [2.75, 3.05) is 9.80 Å². The summed E-state index contributed by atoms with van der Waals surface area (Å²) < 4.78 is 6.87. The monoisotopic (exact) mass is 1040 g/mol. The summed E-state index contributed by atoms with van der Waals surface area (Å²) in [5.41, 5.74) is 21.7. The number of hydrogen-bond acceptors (Lipinski definition) is 4. The quantitative estimate of drug-likeness (QED) is 0.118. The molecule has 0 amide bonds. The zero-order chi connectivity index (χ0) is 53.8. The maximum Gasteiger partial charge on any atom is 0.252 e. The molecule has 0 unspecified atom stereocenters. The Bertz CT molecular complexity index is 4630. The lowest BCUT2D eigenvalue weighted by Crippen LogP contribution is -2.61. The molecule has 380 valence electrons. The highest BCUT2D eigenvalue weighted by molar-refractivity contribution is 7.00. The number of fused-ring (bicyclic) bond motifs is 9. The minimum atomic E-state index is -0.191. The van der Waals surface area contributed by atoms with Crippen LogP contribution in [-0.4, -0.2) is 11.7 Å². The zero-order valence-corrected chi connectivity index (χ0v) is 44.5. The maximum atomic E-state index is 6.87. The van der Waals surface area contributed by atoms with E-state index in [2.05, 4.69) is 277 Å². The van der Waals surface area contributed by atoms with Crippen molar-refractivity contribution in [3.63, 3.8) is 0 Å². The third-order valence-electron chi connectivity index (χ3n) is 17.0. The van der Waals surface area contributed by atoms with Gasteiger partial charge < -0.3 is 14.2 Å². The highest BCUT2D eigenvalue weighted by Gasteiger charge is 2.45. The summed E-state index contributed by atoms with van der Waals surface area (Å²) in [6.07, 6.45) is 0. The lowest BCUT2D eigenvalue weighted by Gasteiger charge is -2.45. The van der Waals surface area contributed by atoms with E-state index in [0.29, 0.717) is 5.89 Å². The van der Waals surface area contributed by atoms with Crippen LogP contribution in [0.15, 0.2) is 296 Å². The van der Waals surface area contributed by atoms with Crippen LogP contribution in [0.25, 0.3) is 110 Å². The molecule has 0 spiro atoms. The number of nitrogens with zero attached hydrogens (tertiary/aromatic N) is 3. The predicted octanol–water partition coefficient (Wildman–Crippen LogP) is 18.9. The number of oxazole rings is 1. The molecule has 0 bridgehead atoms. The van der Waals surface area contributed by atoms with Crippen molar-refractivity contribution in [2.24, 2.45) is 0 Å². The molecule has 0 fully saturated rings. The largest absolute Gasteiger partial charge is 0.436 e. The van der Waals surface area contributed by atoms with Gasteiger partial charge in [-0.05, 0) is 201 Å². The van der Waals surface area contributed by atoms with E-state index in [9.17, 15) is 0 Å². The molecule has 14 aromatic carbocycles. The third kappa shape index (κ3) is 7.58. The van der Waals surface area contributed by atoms with E-state index >= 15 is 0 Å². The second-order valence-corrected chi connectivity index (χ2v) is 21.9. The molecule has 0 aliphatic carbocycles. The molecule has 15 aromatic rings. The van der Waals surface area contributed by atoms with Gasteiger partial charge in [0.15, 0.2) is 5.58 Å². The number of hydrogen-bond donors (Lipinski definition) is 0. The molecule has 0 atom stereocenters. The average Bonchev–Trinajstić information content (AvgIpc) is 3.30. The Kier molecular flexibility index (Phi) is 10.4. The predicted molar refractivity (Wildman–Crippen MR) is 345 cm³/mol. The Hall–Kier alpha value is -10.7. The lowest BCUT2D eigenvalue weighted by molar-refractivity contribution is 0.620. The molecule has 4 nitrogen and oxygen atoms in total. The van der Waals surface area contributed by atoms with Gasteiger partial charge in [0, 0.05) is 39.7 Å². The summed E-state index contributed by atoms with van der Waals surface area (Å²) in [5, 5.41) is 9.61. The van der Waals surface area contributed by atoms with E-state index in [4.69, 9.17) is 9.40 Å². The second kappa shape index (κ2) is 18.4. The summed E-state index contributed by atoms with van der Waals surface area (Å²) in [4.78, 5) is 10.4. The standard InChI is InChI=1S/C77H48BN3O/c1-5-19-49(20-6-1)57-37-58(50-21-7-2-8-22-50)40-66(39-57)80-71-45-63-35-55-29-15-13-27-53(55)33-61(63)43-68(71)78-69-44-62-34-54-28-14-16-30-56(54)36-64(62)46-72(69)81(74-48-65(47-73(80)76(74)78)77-79-70-31-17-18-32-75(70)82-77)67-41-59(51-23-9-3-10-24-51)38-60(42-67)52-25-11-4-12-26-52/h1-48H. The van der Waals surface area contributed by atoms with Crippen LogP contribution in [0.2, 0.25) is 0 Å². The minimum Gasteiger partial charge on any atom is -0.436 e. The molecule has 3 heterocycles. The Morgan fingerprint density at radius 2 is 0.622 bits per heavy atom. The first-order chi connectivity index (χ1) is 40.6. The first-order valence-corrected chi connectivity index (χ1v) is 28.2. The fourth-order valence-corrected chi connectivity index (χ4v) is 13.2. The first kappa shape index (κ1) is 46.2. The summed E-state index contributed by atoms with van der Waals surface area (Å²) in [6, 6.07) is 107. The van der Waals surface area contributed by atoms with Crippen LogP contribution < -0.4 is 26.2 Å². The molecular formula is C77H48BN3O. The van der Waals surface area contributed by atoms with Crippen molar-refractivity contribution in [2.45, 2.75) is 0 Å². The van der Waals surface area contributed by atoms with E-state index in [1.807, 2.05) is 24.3 Å². The number of rotatable bonds is 7. The number of benzene rings is 14. The van der Waals surface area contributed by atoms with E-state index in [-0.39, 0.29) is 6.71 Å². The van der Waals surface area contributed by atoms with Gasteiger partial charge in [-0.25, -0.2) is 4.98 Å². The van der Waals surface area contributed by atoms with E-state index in [1.54, 1.807) is 0 Å². The second-order valence-electron chi connectivity index (χ2n) is 21.9. The maximum absolute atomic E-state index is 6.87. The molecule has 0 N–H and O–H groups in total. The van der Waals surface area contributed by atoms with Crippen LogP contribution in [0.3, 0.4) is 0 Å². The molecule has 82 heavy (non-hydrogen) atoms. The van der Waals surface area contributed by atoms with Gasteiger partial charge in [-0.2, -0.15) is 0 Å². The van der Waals surface area contributed by atoms with Crippen molar-refractivity contribution in [1.29, 1.82) is 0 Å². The molecule has 2 aliphatic heterocycles. The first-order valence-electron chi connectivity index (χ1n) is 28.2. The zero-order valence-electron chi connectivity index (χ0n) is 44.5. The van der Waals surface area contributed by atoms with Gasteiger partial charge in [-0.15, -0.1) is 0 Å². The molecule has 0 radical (unpaired) electrons.